The average Bonchev–Trinajstić information content (AvgIpc) is 3.38. The second-order valence-corrected chi connectivity index (χ2v) is 7.44. The number of rotatable bonds is 7. The van der Waals surface area contributed by atoms with Crippen LogP contribution in [0.25, 0.3) is 11.4 Å². The summed E-state index contributed by atoms with van der Waals surface area (Å²) in [5.41, 5.74) is 3.20. The van der Waals surface area contributed by atoms with E-state index in [9.17, 15) is 10.1 Å². The Bertz CT molecular complexity index is 1120. The van der Waals surface area contributed by atoms with Gasteiger partial charge in [-0.2, -0.15) is 0 Å². The smallest absolute Gasteiger partial charge is 0.269 e. The van der Waals surface area contributed by atoms with Crippen LogP contribution in [0.5, 0.6) is 0 Å². The van der Waals surface area contributed by atoms with Crippen LogP contribution in [-0.2, 0) is 12.3 Å². The molecule has 0 saturated heterocycles. The molecule has 2 aromatic carbocycles. The highest BCUT2D eigenvalue weighted by Crippen LogP contribution is 2.29. The van der Waals surface area contributed by atoms with E-state index in [0.29, 0.717) is 12.3 Å². The minimum absolute atomic E-state index is 0.0848. The fourth-order valence-corrected chi connectivity index (χ4v) is 3.87. The molecule has 0 amide bonds. The van der Waals surface area contributed by atoms with Crippen LogP contribution in [0.15, 0.2) is 76.5 Å². The molecular formula is C21H18N4O3S. The number of thioether (sulfide) groups is 1. The third kappa shape index (κ3) is 4.22. The molecule has 4 aromatic rings. The fraction of sp³-hybridized carbons (Fsp3) is 0.143. The maximum atomic E-state index is 10.8. The zero-order chi connectivity index (χ0) is 20.2. The Hall–Kier alpha value is -3.39. The molecule has 0 atom stereocenters. The number of non-ortho nitro benzene ring substituents is 1. The molecule has 0 spiro atoms. The molecule has 4 rings (SSSR count). The summed E-state index contributed by atoms with van der Waals surface area (Å²) in [6.45, 7) is 2.57. The van der Waals surface area contributed by atoms with E-state index < -0.39 is 4.92 Å². The number of aromatic nitrogens is 3. The Kier molecular flexibility index (Phi) is 5.44. The Morgan fingerprint density at radius 1 is 1.07 bits per heavy atom. The standard InChI is InChI=1S/C21H18N4O3S/c1-15-5-2-3-7-19(15)20-22-23-21(24(20)13-18-6-4-12-28-18)29-14-16-8-10-17(11-9-16)25(26)27/h2-12H,13-14H2,1H3. The van der Waals surface area contributed by atoms with Crippen LogP contribution >= 0.6 is 11.8 Å². The molecule has 7 nitrogen and oxygen atoms in total. The lowest BCUT2D eigenvalue weighted by atomic mass is 10.1. The molecule has 8 heteroatoms. The average molecular weight is 406 g/mol. The second-order valence-electron chi connectivity index (χ2n) is 6.50. The molecule has 0 aliphatic carbocycles. The first-order chi connectivity index (χ1) is 14.1. The Morgan fingerprint density at radius 3 is 2.55 bits per heavy atom. The van der Waals surface area contributed by atoms with Crippen molar-refractivity contribution < 1.29 is 9.34 Å². The SMILES string of the molecule is Cc1ccccc1-c1nnc(SCc2ccc([N+](=O)[O-])cc2)n1Cc1ccco1. The lowest BCUT2D eigenvalue weighted by Gasteiger charge is -2.10. The van der Waals surface area contributed by atoms with Gasteiger partial charge in [-0.3, -0.25) is 14.7 Å². The molecule has 0 N–H and O–H groups in total. The molecule has 2 aromatic heterocycles. The Morgan fingerprint density at radius 2 is 1.86 bits per heavy atom. The summed E-state index contributed by atoms with van der Waals surface area (Å²) in [5, 5.41) is 20.4. The van der Waals surface area contributed by atoms with Gasteiger partial charge in [0, 0.05) is 23.4 Å². The molecule has 0 fully saturated rings. The largest absolute Gasteiger partial charge is 0.467 e. The number of nitro benzene ring substituents is 1. The minimum Gasteiger partial charge on any atom is -0.467 e. The highest BCUT2D eigenvalue weighted by molar-refractivity contribution is 7.98. The predicted molar refractivity (Wildman–Crippen MR) is 111 cm³/mol. The first kappa shape index (κ1) is 18.9. The van der Waals surface area contributed by atoms with E-state index in [1.165, 1.54) is 23.9 Å². The first-order valence-electron chi connectivity index (χ1n) is 8.99. The third-order valence-corrected chi connectivity index (χ3v) is 5.55. The Labute approximate surface area is 171 Å². The van der Waals surface area contributed by atoms with Gasteiger partial charge >= 0.3 is 0 Å². The maximum absolute atomic E-state index is 10.8. The van der Waals surface area contributed by atoms with Gasteiger partial charge in [0.2, 0.25) is 0 Å². The number of furan rings is 1. The molecular weight excluding hydrogens is 388 g/mol. The van der Waals surface area contributed by atoms with Crippen LogP contribution < -0.4 is 0 Å². The first-order valence-corrected chi connectivity index (χ1v) is 9.98. The van der Waals surface area contributed by atoms with Gasteiger partial charge in [-0.25, -0.2) is 0 Å². The fourth-order valence-electron chi connectivity index (χ4n) is 2.98. The summed E-state index contributed by atoms with van der Waals surface area (Å²) in [6.07, 6.45) is 1.65. The van der Waals surface area contributed by atoms with Crippen LogP contribution in [0.4, 0.5) is 5.69 Å². The minimum atomic E-state index is -0.397. The van der Waals surface area contributed by atoms with Gasteiger partial charge < -0.3 is 4.42 Å². The number of nitrogens with zero attached hydrogens (tertiary/aromatic N) is 4. The zero-order valence-corrected chi connectivity index (χ0v) is 16.5. The molecule has 0 saturated carbocycles. The molecule has 29 heavy (non-hydrogen) atoms. The number of benzene rings is 2. The van der Waals surface area contributed by atoms with E-state index in [4.69, 9.17) is 4.42 Å². The lowest BCUT2D eigenvalue weighted by Crippen LogP contribution is -2.04. The maximum Gasteiger partial charge on any atom is 0.269 e. The quantitative estimate of drug-likeness (QED) is 0.241. The molecule has 2 heterocycles. The van der Waals surface area contributed by atoms with Gasteiger partial charge in [-0.15, -0.1) is 10.2 Å². The summed E-state index contributed by atoms with van der Waals surface area (Å²) in [4.78, 5) is 10.4. The van der Waals surface area contributed by atoms with Gasteiger partial charge in [0.15, 0.2) is 11.0 Å². The normalized spacial score (nSPS) is 10.9. The van der Waals surface area contributed by atoms with Crippen molar-refractivity contribution in [2.45, 2.75) is 24.4 Å². The number of hydrogen-bond acceptors (Lipinski definition) is 6. The monoisotopic (exact) mass is 406 g/mol. The van der Waals surface area contributed by atoms with E-state index in [0.717, 1.165) is 33.4 Å². The van der Waals surface area contributed by atoms with E-state index in [1.54, 1.807) is 18.4 Å². The molecule has 0 aliphatic rings. The van der Waals surface area contributed by atoms with Crippen LogP contribution in [0, 0.1) is 17.0 Å². The van der Waals surface area contributed by atoms with E-state index >= 15 is 0 Å². The van der Waals surface area contributed by atoms with Crippen molar-refractivity contribution in [3.63, 3.8) is 0 Å². The highest BCUT2D eigenvalue weighted by Gasteiger charge is 2.17. The van der Waals surface area contributed by atoms with Crippen LogP contribution in [0.2, 0.25) is 0 Å². The lowest BCUT2D eigenvalue weighted by molar-refractivity contribution is -0.384. The van der Waals surface area contributed by atoms with Crippen molar-refractivity contribution in [2.24, 2.45) is 0 Å². The van der Waals surface area contributed by atoms with Crippen LogP contribution in [-0.4, -0.2) is 19.7 Å². The number of hydrogen-bond donors (Lipinski definition) is 0. The number of aryl methyl sites for hydroxylation is 1. The van der Waals surface area contributed by atoms with Crippen molar-refractivity contribution in [3.8, 4) is 11.4 Å². The van der Waals surface area contributed by atoms with Gasteiger partial charge in [0.1, 0.15) is 5.76 Å². The summed E-state index contributed by atoms with van der Waals surface area (Å²) in [7, 11) is 0. The van der Waals surface area contributed by atoms with E-state index in [2.05, 4.69) is 10.2 Å². The molecule has 0 radical (unpaired) electrons. The van der Waals surface area contributed by atoms with Crippen molar-refractivity contribution in [3.05, 3.63) is 93.9 Å². The molecule has 0 aliphatic heterocycles. The van der Waals surface area contributed by atoms with Gasteiger partial charge in [-0.1, -0.05) is 48.2 Å². The summed E-state index contributed by atoms with van der Waals surface area (Å²) >= 11 is 1.54. The van der Waals surface area contributed by atoms with Crippen molar-refractivity contribution in [1.29, 1.82) is 0 Å². The van der Waals surface area contributed by atoms with Gasteiger partial charge in [0.05, 0.1) is 17.7 Å². The van der Waals surface area contributed by atoms with Crippen molar-refractivity contribution >= 4 is 17.4 Å². The van der Waals surface area contributed by atoms with E-state index in [1.807, 2.05) is 47.9 Å². The van der Waals surface area contributed by atoms with Crippen LogP contribution in [0.1, 0.15) is 16.9 Å². The van der Waals surface area contributed by atoms with Crippen LogP contribution in [0.3, 0.4) is 0 Å². The number of nitro groups is 1. The predicted octanol–water partition coefficient (Wildman–Crippen LogP) is 5.10. The van der Waals surface area contributed by atoms with Gasteiger partial charge in [0.25, 0.3) is 5.69 Å². The van der Waals surface area contributed by atoms with Gasteiger partial charge in [-0.05, 0) is 30.2 Å². The molecule has 0 unspecified atom stereocenters. The molecule has 146 valence electrons. The molecule has 0 bridgehead atoms. The van der Waals surface area contributed by atoms with Crippen molar-refractivity contribution in [2.75, 3.05) is 0 Å². The second kappa shape index (κ2) is 8.32. The summed E-state index contributed by atoms with van der Waals surface area (Å²) in [6, 6.07) is 18.4. The topological polar surface area (TPSA) is 87.0 Å². The van der Waals surface area contributed by atoms with E-state index in [-0.39, 0.29) is 5.69 Å². The highest BCUT2D eigenvalue weighted by atomic mass is 32.2. The zero-order valence-electron chi connectivity index (χ0n) is 15.7. The third-order valence-electron chi connectivity index (χ3n) is 4.51. The van der Waals surface area contributed by atoms with Crippen molar-refractivity contribution in [1.82, 2.24) is 14.8 Å². The summed E-state index contributed by atoms with van der Waals surface area (Å²) in [5.74, 6) is 2.23. The Balaban J connectivity index is 1.62. The summed E-state index contributed by atoms with van der Waals surface area (Å²) < 4.78 is 7.57.